The minimum Gasteiger partial charge on any atom is -0.376 e. The normalized spacial score (nSPS) is 24.6. The molecule has 1 aromatic carbocycles. The van der Waals surface area contributed by atoms with Crippen molar-refractivity contribution in [1.29, 1.82) is 0 Å². The largest absolute Gasteiger partial charge is 0.376 e. The lowest BCUT2D eigenvalue weighted by Gasteiger charge is -2.18. The third-order valence-electron chi connectivity index (χ3n) is 3.35. The van der Waals surface area contributed by atoms with Gasteiger partial charge >= 0.3 is 0 Å². The number of rotatable bonds is 1. The number of imidazole rings is 1. The Morgan fingerprint density at radius 2 is 2.35 bits per heavy atom. The number of fused-ring (bicyclic) bond motifs is 1. The van der Waals surface area contributed by atoms with E-state index in [0.29, 0.717) is 11.0 Å². The zero-order valence-corrected chi connectivity index (χ0v) is 10.3. The lowest BCUT2D eigenvalue weighted by Crippen LogP contribution is -2.18. The second kappa shape index (κ2) is 3.89. The van der Waals surface area contributed by atoms with Gasteiger partial charge in [0.2, 0.25) is 5.95 Å². The van der Waals surface area contributed by atoms with Gasteiger partial charge in [-0.05, 0) is 31.5 Å². The van der Waals surface area contributed by atoms with Crippen LogP contribution in [0.2, 0.25) is 5.02 Å². The van der Waals surface area contributed by atoms with Gasteiger partial charge in [-0.1, -0.05) is 11.6 Å². The van der Waals surface area contributed by atoms with Crippen LogP contribution >= 0.6 is 11.6 Å². The number of halogens is 1. The molecule has 4 nitrogen and oxygen atoms in total. The minimum absolute atomic E-state index is 0.172. The fourth-order valence-electron chi connectivity index (χ4n) is 2.50. The van der Waals surface area contributed by atoms with Crippen molar-refractivity contribution in [3.8, 4) is 0 Å². The quantitative estimate of drug-likeness (QED) is 0.848. The molecule has 3 rings (SSSR count). The average molecular weight is 252 g/mol. The first kappa shape index (κ1) is 10.9. The molecule has 90 valence electrons. The summed E-state index contributed by atoms with van der Waals surface area (Å²) in [6.07, 6.45) is 1.14. The summed E-state index contributed by atoms with van der Waals surface area (Å²) in [5.41, 5.74) is 7.86. The molecule has 1 aliphatic rings. The van der Waals surface area contributed by atoms with Gasteiger partial charge in [0, 0.05) is 11.6 Å². The molecule has 0 saturated carbocycles. The van der Waals surface area contributed by atoms with E-state index >= 15 is 0 Å². The first-order valence-electron chi connectivity index (χ1n) is 5.71. The van der Waals surface area contributed by atoms with Crippen LogP contribution in [0.25, 0.3) is 11.0 Å². The van der Waals surface area contributed by atoms with Gasteiger partial charge in [-0.2, -0.15) is 0 Å². The van der Waals surface area contributed by atoms with Crippen molar-refractivity contribution in [2.45, 2.75) is 25.5 Å². The summed E-state index contributed by atoms with van der Waals surface area (Å²) in [7, 11) is 0. The standard InChI is InChI=1S/C12H14ClN3O/c1-7-10(4-5-17-7)16-11-3-2-8(13)6-9(11)15-12(16)14/h2-3,6-7,10H,4-5H2,1H3,(H2,14,15). The Bertz CT molecular complexity index is 566. The summed E-state index contributed by atoms with van der Waals surface area (Å²) < 4.78 is 7.65. The minimum atomic E-state index is 0.172. The lowest BCUT2D eigenvalue weighted by molar-refractivity contribution is 0.109. The van der Waals surface area contributed by atoms with Gasteiger partial charge < -0.3 is 15.0 Å². The van der Waals surface area contributed by atoms with Crippen LogP contribution in [-0.4, -0.2) is 22.3 Å². The van der Waals surface area contributed by atoms with Gasteiger partial charge in [0.05, 0.1) is 23.2 Å². The number of ether oxygens (including phenoxy) is 1. The van der Waals surface area contributed by atoms with Gasteiger partial charge in [-0.3, -0.25) is 0 Å². The third kappa shape index (κ3) is 1.68. The highest BCUT2D eigenvalue weighted by Crippen LogP contribution is 2.32. The van der Waals surface area contributed by atoms with Crippen molar-refractivity contribution in [2.75, 3.05) is 12.3 Å². The maximum Gasteiger partial charge on any atom is 0.201 e. The molecule has 1 saturated heterocycles. The summed E-state index contributed by atoms with van der Waals surface area (Å²) in [4.78, 5) is 4.35. The van der Waals surface area contributed by atoms with E-state index in [1.807, 2.05) is 18.2 Å². The van der Waals surface area contributed by atoms with E-state index in [9.17, 15) is 0 Å². The van der Waals surface area contributed by atoms with Gasteiger partial charge in [0.1, 0.15) is 0 Å². The highest BCUT2D eigenvalue weighted by Gasteiger charge is 2.28. The molecule has 2 aromatic rings. The summed E-state index contributed by atoms with van der Waals surface area (Å²) >= 11 is 5.95. The van der Waals surface area contributed by atoms with E-state index < -0.39 is 0 Å². The van der Waals surface area contributed by atoms with Crippen molar-refractivity contribution in [3.05, 3.63) is 23.2 Å². The molecule has 0 radical (unpaired) electrons. The van der Waals surface area contributed by atoms with E-state index in [1.54, 1.807) is 0 Å². The van der Waals surface area contributed by atoms with Crippen molar-refractivity contribution in [3.63, 3.8) is 0 Å². The van der Waals surface area contributed by atoms with Crippen LogP contribution in [0.15, 0.2) is 18.2 Å². The number of nitrogens with zero attached hydrogens (tertiary/aromatic N) is 2. The fraction of sp³-hybridized carbons (Fsp3) is 0.417. The molecular weight excluding hydrogens is 238 g/mol. The number of anilines is 1. The number of nitrogen functional groups attached to an aromatic ring is 1. The molecular formula is C12H14ClN3O. The van der Waals surface area contributed by atoms with Gasteiger partial charge in [0.25, 0.3) is 0 Å². The molecule has 0 amide bonds. The Kier molecular flexibility index (Phi) is 2.49. The zero-order valence-electron chi connectivity index (χ0n) is 9.56. The molecule has 0 aliphatic carbocycles. The van der Waals surface area contributed by atoms with E-state index in [0.717, 1.165) is 24.1 Å². The van der Waals surface area contributed by atoms with Gasteiger partial charge in [-0.25, -0.2) is 4.98 Å². The predicted octanol–water partition coefficient (Wildman–Crippen LogP) is 2.62. The number of nitrogens with two attached hydrogens (primary N) is 1. The Hall–Kier alpha value is -1.26. The summed E-state index contributed by atoms with van der Waals surface area (Å²) in [6.45, 7) is 2.84. The highest BCUT2D eigenvalue weighted by atomic mass is 35.5. The number of hydrogen-bond acceptors (Lipinski definition) is 3. The smallest absolute Gasteiger partial charge is 0.201 e. The first-order valence-corrected chi connectivity index (χ1v) is 6.09. The van der Waals surface area contributed by atoms with Gasteiger partial charge in [-0.15, -0.1) is 0 Å². The van der Waals surface area contributed by atoms with Crippen LogP contribution in [-0.2, 0) is 4.74 Å². The Labute approximate surface area is 104 Å². The molecule has 5 heteroatoms. The van der Waals surface area contributed by atoms with E-state index in [-0.39, 0.29) is 12.1 Å². The molecule has 2 N–H and O–H groups in total. The Morgan fingerprint density at radius 3 is 3.06 bits per heavy atom. The van der Waals surface area contributed by atoms with Crippen LogP contribution in [0.3, 0.4) is 0 Å². The second-order valence-corrected chi connectivity index (χ2v) is 4.84. The van der Waals surface area contributed by atoms with Crippen LogP contribution in [0, 0.1) is 0 Å². The molecule has 2 unspecified atom stereocenters. The molecule has 0 spiro atoms. The Morgan fingerprint density at radius 1 is 1.53 bits per heavy atom. The van der Waals surface area contributed by atoms with E-state index in [4.69, 9.17) is 22.1 Å². The summed E-state index contributed by atoms with van der Waals surface area (Å²) in [5, 5.41) is 0.679. The lowest BCUT2D eigenvalue weighted by atomic mass is 10.1. The van der Waals surface area contributed by atoms with E-state index in [1.165, 1.54) is 0 Å². The molecule has 2 heterocycles. The second-order valence-electron chi connectivity index (χ2n) is 4.40. The maximum atomic E-state index is 6.00. The number of hydrogen-bond donors (Lipinski definition) is 1. The van der Waals surface area contributed by atoms with Crippen molar-refractivity contribution in [2.24, 2.45) is 0 Å². The average Bonchev–Trinajstić information content (AvgIpc) is 2.80. The molecule has 1 aliphatic heterocycles. The monoisotopic (exact) mass is 251 g/mol. The zero-order chi connectivity index (χ0) is 12.0. The molecule has 2 atom stereocenters. The van der Waals surface area contributed by atoms with Crippen LogP contribution in [0.5, 0.6) is 0 Å². The number of benzene rings is 1. The van der Waals surface area contributed by atoms with Crippen LogP contribution < -0.4 is 5.73 Å². The predicted molar refractivity (Wildman–Crippen MR) is 68.2 cm³/mol. The van der Waals surface area contributed by atoms with Crippen molar-refractivity contribution < 1.29 is 4.74 Å². The fourth-order valence-corrected chi connectivity index (χ4v) is 2.66. The molecule has 1 aromatic heterocycles. The summed E-state index contributed by atoms with van der Waals surface area (Å²) in [6, 6.07) is 5.93. The first-order chi connectivity index (χ1) is 8.16. The van der Waals surface area contributed by atoms with Gasteiger partial charge in [0.15, 0.2) is 0 Å². The SMILES string of the molecule is CC1OCCC1n1c(N)nc2cc(Cl)ccc21. The summed E-state index contributed by atoms with van der Waals surface area (Å²) in [5.74, 6) is 0.532. The van der Waals surface area contributed by atoms with Crippen molar-refractivity contribution >= 4 is 28.6 Å². The molecule has 1 fully saturated rings. The molecule has 0 bridgehead atoms. The Balaban J connectivity index is 2.18. The van der Waals surface area contributed by atoms with Crippen LogP contribution in [0.4, 0.5) is 5.95 Å². The van der Waals surface area contributed by atoms with E-state index in [2.05, 4.69) is 16.5 Å². The highest BCUT2D eigenvalue weighted by molar-refractivity contribution is 6.31. The number of aromatic nitrogens is 2. The molecule has 17 heavy (non-hydrogen) atoms. The van der Waals surface area contributed by atoms with Crippen molar-refractivity contribution in [1.82, 2.24) is 9.55 Å². The van der Waals surface area contributed by atoms with Crippen LogP contribution in [0.1, 0.15) is 19.4 Å². The third-order valence-corrected chi connectivity index (χ3v) is 3.58. The topological polar surface area (TPSA) is 53.1 Å². The maximum absolute atomic E-state index is 6.00.